The summed E-state index contributed by atoms with van der Waals surface area (Å²) in [6, 6.07) is 55.3. The first-order chi connectivity index (χ1) is 29.4. The average molecular weight is 1020 g/mol. The third kappa shape index (κ3) is 8.52. The van der Waals surface area contributed by atoms with Crippen LogP contribution in [0.5, 0.6) is 11.5 Å². The van der Waals surface area contributed by atoms with Crippen LogP contribution in [0, 0.1) is 26.2 Å². The van der Waals surface area contributed by atoms with E-state index in [0.717, 1.165) is 50.6 Å². The van der Waals surface area contributed by atoms with Gasteiger partial charge in [-0.25, -0.2) is 4.98 Å². The van der Waals surface area contributed by atoms with Gasteiger partial charge in [-0.2, -0.15) is 0 Å². The Kier molecular flexibility index (Phi) is 12.4. The molecule has 5 nitrogen and oxygen atoms in total. The van der Waals surface area contributed by atoms with Gasteiger partial charge in [0.05, 0.1) is 0 Å². The second-order valence-corrected chi connectivity index (χ2v) is 20.4. The second kappa shape index (κ2) is 17.1. The molecule has 0 fully saturated rings. The van der Waals surface area contributed by atoms with Gasteiger partial charge in [-0.15, -0.1) is 53.8 Å². The number of benzene rings is 6. The minimum atomic E-state index is -0.200. The van der Waals surface area contributed by atoms with Gasteiger partial charge in [-0.05, 0) is 80.8 Å². The quantitative estimate of drug-likeness (QED) is 0.149. The number of hydrogen-bond donors (Lipinski definition) is 0. The molecule has 0 atom stereocenters. The van der Waals surface area contributed by atoms with Crippen molar-refractivity contribution in [1.29, 1.82) is 0 Å². The van der Waals surface area contributed by atoms with Crippen molar-refractivity contribution in [2.24, 2.45) is 0 Å². The number of aromatic nitrogens is 2. The summed E-state index contributed by atoms with van der Waals surface area (Å²) in [5, 5.41) is 2.33. The molecule has 3 heterocycles. The molecule has 0 saturated carbocycles. The van der Waals surface area contributed by atoms with Gasteiger partial charge in [0.15, 0.2) is 0 Å². The summed E-state index contributed by atoms with van der Waals surface area (Å²) in [4.78, 5) is 9.49. The molecule has 0 aliphatic carbocycles. The molecule has 9 rings (SSSR count). The molecule has 64 heavy (non-hydrogen) atoms. The zero-order chi connectivity index (χ0) is 43.8. The third-order valence-electron chi connectivity index (χ3n) is 12.5. The first-order valence-corrected chi connectivity index (χ1v) is 21.8. The number of nitrogens with zero attached hydrogens (tertiary/aromatic N) is 4. The van der Waals surface area contributed by atoms with Crippen molar-refractivity contribution in [3.63, 3.8) is 0 Å². The molecule has 0 radical (unpaired) electrons. The fraction of sp³-hybridized carbons (Fsp3) is 0.259. The molecule has 1 aliphatic heterocycles. The van der Waals surface area contributed by atoms with E-state index in [1.165, 1.54) is 27.6 Å². The Morgan fingerprint density at radius 3 is 1.86 bits per heavy atom. The Bertz CT molecular complexity index is 2960. The van der Waals surface area contributed by atoms with Crippen LogP contribution in [-0.2, 0) is 42.7 Å². The predicted molar refractivity (Wildman–Crippen MR) is 265 cm³/mol. The van der Waals surface area contributed by atoms with E-state index in [2.05, 4.69) is 243 Å². The van der Waals surface area contributed by atoms with E-state index in [0.29, 0.717) is 11.5 Å². The van der Waals surface area contributed by atoms with Gasteiger partial charge in [0.2, 0.25) is 0 Å². The summed E-state index contributed by atoms with van der Waals surface area (Å²) in [5.41, 5.74) is 11.7. The molecule has 6 aromatic carbocycles. The number of para-hydroxylation sites is 3. The van der Waals surface area contributed by atoms with Crippen LogP contribution in [0.1, 0.15) is 104 Å². The van der Waals surface area contributed by atoms with Gasteiger partial charge in [0, 0.05) is 45.7 Å². The Morgan fingerprint density at radius 2 is 1.17 bits per heavy atom. The topological polar surface area (TPSA) is 33.5 Å². The van der Waals surface area contributed by atoms with Gasteiger partial charge in [0.1, 0.15) is 5.82 Å². The van der Waals surface area contributed by atoms with Crippen molar-refractivity contribution < 1.29 is 25.8 Å². The molecule has 0 unspecified atom stereocenters. The fourth-order valence-corrected chi connectivity index (χ4v) is 8.72. The fourth-order valence-electron chi connectivity index (χ4n) is 8.72. The van der Waals surface area contributed by atoms with Crippen molar-refractivity contribution in [2.75, 3.05) is 9.80 Å². The SMILES string of the molecule is CC(C)(C)c1cc(Oc2[c-]c3c(c(C(C)(C)C)c2)c2ccccc2n3-c2cc(C(C)(C)C)ccn2)[c-]c(N2[CH-]N(c3cccc(C(C)(C)c4ccccc4)c3)c3ccccc32)c1.[CH3-].[Pt+4]. The molecule has 2 aromatic heterocycles. The number of pyridine rings is 1. The number of hydrogen-bond acceptors (Lipinski definition) is 4. The maximum absolute atomic E-state index is 7.02. The van der Waals surface area contributed by atoms with Crippen LogP contribution in [0.15, 0.2) is 140 Å². The molecule has 0 saturated heterocycles. The summed E-state index contributed by atoms with van der Waals surface area (Å²) in [7, 11) is 0. The van der Waals surface area contributed by atoms with E-state index in [1.54, 1.807) is 0 Å². The van der Waals surface area contributed by atoms with Gasteiger partial charge < -0.3 is 26.5 Å². The molecule has 0 spiro atoms. The zero-order valence-corrected chi connectivity index (χ0v) is 41.6. The molecule has 328 valence electrons. The van der Waals surface area contributed by atoms with Crippen molar-refractivity contribution in [3.8, 4) is 17.3 Å². The van der Waals surface area contributed by atoms with Gasteiger partial charge in [-0.1, -0.05) is 160 Å². The van der Waals surface area contributed by atoms with Crippen LogP contribution < -0.4 is 14.5 Å². The largest absolute Gasteiger partial charge is 4.00 e. The summed E-state index contributed by atoms with van der Waals surface area (Å²) < 4.78 is 9.27. The van der Waals surface area contributed by atoms with E-state index < -0.39 is 0 Å². The molecular formula is C58H60N4OPt. The maximum atomic E-state index is 7.02. The van der Waals surface area contributed by atoms with Gasteiger partial charge in [-0.3, -0.25) is 0 Å². The standard InChI is InChI=1S/C57H57N4O.CH3.Pt/c1-54(2,3)39-28-29-58-52(33-39)61-48-25-16-15-24-46(48)53-47(56(7,8)9)35-45(36-51(53)61)62-44-32-41(55(4,5)6)31-43(34-44)60-37-59(49-26-17-18-27-50(49)60)42-23-19-22-40(30-42)57(10,11)38-20-13-12-14-21-38;;/h12-33,35,37H,1-11H3;1H3;/q-3;-1;+4. The number of fused-ring (bicyclic) bond motifs is 4. The summed E-state index contributed by atoms with van der Waals surface area (Å²) in [6.07, 6.45) is 1.92. The average Bonchev–Trinajstić information content (AvgIpc) is 3.79. The molecule has 0 N–H and O–H groups in total. The van der Waals surface area contributed by atoms with E-state index >= 15 is 0 Å². The van der Waals surface area contributed by atoms with Gasteiger partial charge in [0.25, 0.3) is 0 Å². The predicted octanol–water partition coefficient (Wildman–Crippen LogP) is 15.6. The Morgan fingerprint density at radius 1 is 0.547 bits per heavy atom. The van der Waals surface area contributed by atoms with Crippen LogP contribution >= 0.6 is 0 Å². The number of ether oxygens (including phenoxy) is 1. The first-order valence-electron chi connectivity index (χ1n) is 21.8. The van der Waals surface area contributed by atoms with E-state index in [9.17, 15) is 0 Å². The summed E-state index contributed by atoms with van der Waals surface area (Å²) >= 11 is 0. The van der Waals surface area contributed by atoms with Crippen LogP contribution in [0.4, 0.5) is 22.7 Å². The van der Waals surface area contributed by atoms with Crippen LogP contribution in [-0.4, -0.2) is 9.55 Å². The number of anilines is 4. The maximum Gasteiger partial charge on any atom is 4.00 e. The molecule has 0 bridgehead atoms. The molecule has 6 heteroatoms. The molecule has 1 aliphatic rings. The van der Waals surface area contributed by atoms with Gasteiger partial charge >= 0.3 is 21.1 Å². The minimum absolute atomic E-state index is 0. The van der Waals surface area contributed by atoms with Crippen LogP contribution in [0.3, 0.4) is 0 Å². The summed E-state index contributed by atoms with van der Waals surface area (Å²) in [5.74, 6) is 2.13. The Hall–Kier alpha value is -5.64. The second-order valence-electron chi connectivity index (χ2n) is 20.4. The Balaban J connectivity index is 0.00000306. The monoisotopic (exact) mass is 1020 g/mol. The number of rotatable bonds is 7. The van der Waals surface area contributed by atoms with Crippen molar-refractivity contribution in [2.45, 2.75) is 97.8 Å². The zero-order valence-electron chi connectivity index (χ0n) is 39.4. The van der Waals surface area contributed by atoms with Crippen LogP contribution in [0.2, 0.25) is 0 Å². The molecule has 8 aromatic rings. The molecule has 0 amide bonds. The normalized spacial score (nSPS) is 13.2. The molecular weight excluding hydrogens is 964 g/mol. The Labute approximate surface area is 396 Å². The third-order valence-corrected chi connectivity index (χ3v) is 12.5. The van der Waals surface area contributed by atoms with Crippen LogP contribution in [0.25, 0.3) is 27.6 Å². The van der Waals surface area contributed by atoms with E-state index in [4.69, 9.17) is 9.72 Å². The van der Waals surface area contributed by atoms with Crippen molar-refractivity contribution >= 4 is 44.6 Å². The smallest absolute Gasteiger partial charge is 0.509 e. The van der Waals surface area contributed by atoms with E-state index in [1.807, 2.05) is 6.20 Å². The summed E-state index contributed by atoms with van der Waals surface area (Å²) in [6.45, 7) is 27.1. The minimum Gasteiger partial charge on any atom is -0.509 e. The first kappa shape index (κ1) is 46.4. The van der Waals surface area contributed by atoms with Crippen molar-refractivity contribution in [1.82, 2.24) is 9.55 Å². The van der Waals surface area contributed by atoms with E-state index in [-0.39, 0.29) is 50.2 Å². The van der Waals surface area contributed by atoms with Crippen molar-refractivity contribution in [3.05, 3.63) is 194 Å².